The van der Waals surface area contributed by atoms with Crippen molar-refractivity contribution in [3.8, 4) is 0 Å². The largest absolute Gasteiger partial charge is 0.304 e. The number of piperazine rings is 2. The summed E-state index contributed by atoms with van der Waals surface area (Å²) in [5, 5.41) is 0. The zero-order chi connectivity index (χ0) is 19.6. The Labute approximate surface area is 169 Å². The number of hydrogen-bond acceptors (Lipinski definition) is 6. The molecule has 2 aliphatic heterocycles. The van der Waals surface area contributed by atoms with Gasteiger partial charge in [0.15, 0.2) is 0 Å². The molecular formula is C22H34N6. The summed E-state index contributed by atoms with van der Waals surface area (Å²) in [4.78, 5) is 18.1. The van der Waals surface area contributed by atoms with E-state index in [9.17, 15) is 0 Å². The molecule has 0 radical (unpaired) electrons. The number of hydrogen-bond donors (Lipinski definition) is 0. The molecule has 2 aromatic rings. The van der Waals surface area contributed by atoms with Gasteiger partial charge in [-0.1, -0.05) is 6.07 Å². The maximum Gasteiger partial charge on any atom is 0.0543 e. The Morgan fingerprint density at radius 1 is 0.679 bits per heavy atom. The van der Waals surface area contributed by atoms with Crippen LogP contribution in [-0.2, 0) is 13.1 Å². The van der Waals surface area contributed by atoms with Crippen molar-refractivity contribution >= 4 is 0 Å². The molecule has 0 amide bonds. The highest BCUT2D eigenvalue weighted by Gasteiger charge is 2.14. The second kappa shape index (κ2) is 11.2. The van der Waals surface area contributed by atoms with Crippen LogP contribution in [0.1, 0.15) is 11.3 Å². The van der Waals surface area contributed by atoms with Crippen LogP contribution in [0, 0.1) is 0 Å². The highest BCUT2D eigenvalue weighted by atomic mass is 15.3. The molecule has 0 unspecified atom stereocenters. The van der Waals surface area contributed by atoms with Gasteiger partial charge in [-0.05, 0) is 43.9 Å². The number of nitrogens with zero attached hydrogens (tertiary/aromatic N) is 6. The molecule has 6 nitrogen and oxygen atoms in total. The van der Waals surface area contributed by atoms with Crippen molar-refractivity contribution in [2.24, 2.45) is 0 Å². The first-order valence-electron chi connectivity index (χ1n) is 10.3. The molecule has 0 atom stereocenters. The first-order valence-corrected chi connectivity index (χ1v) is 10.3. The Bertz CT molecular complexity index is 590. The fraction of sp³-hybridized carbons (Fsp3) is 0.545. The lowest BCUT2D eigenvalue weighted by molar-refractivity contribution is 0.147. The number of pyridine rings is 2. The van der Waals surface area contributed by atoms with E-state index in [4.69, 9.17) is 0 Å². The van der Waals surface area contributed by atoms with Crippen molar-refractivity contribution in [3.05, 3.63) is 60.2 Å². The van der Waals surface area contributed by atoms with E-state index in [-0.39, 0.29) is 0 Å². The Morgan fingerprint density at radius 2 is 1.25 bits per heavy atom. The van der Waals surface area contributed by atoms with Gasteiger partial charge < -0.3 is 9.80 Å². The monoisotopic (exact) mass is 382 g/mol. The average molecular weight is 383 g/mol. The molecule has 152 valence electrons. The van der Waals surface area contributed by atoms with E-state index >= 15 is 0 Å². The minimum absolute atomic E-state index is 0.995. The minimum atomic E-state index is 0.995. The van der Waals surface area contributed by atoms with Crippen LogP contribution in [0.5, 0.6) is 0 Å². The van der Waals surface area contributed by atoms with Gasteiger partial charge in [0.05, 0.1) is 5.69 Å². The van der Waals surface area contributed by atoms with Gasteiger partial charge in [-0.25, -0.2) is 0 Å². The third-order valence-corrected chi connectivity index (χ3v) is 5.46. The summed E-state index contributed by atoms with van der Waals surface area (Å²) in [6.45, 7) is 11.5. The standard InChI is InChI=1S/2C11H17N3/c1-13-6-8-14(9-7-13)10-11-2-4-12-5-3-11;1-13-6-8-14(9-7-13)10-11-4-2-3-5-12-11/h2*2-5H,6-10H2,1H3. The molecule has 0 aliphatic carbocycles. The molecule has 0 aromatic carbocycles. The van der Waals surface area contributed by atoms with E-state index in [1.54, 1.807) is 0 Å². The van der Waals surface area contributed by atoms with Crippen molar-refractivity contribution in [3.63, 3.8) is 0 Å². The van der Waals surface area contributed by atoms with Gasteiger partial charge >= 0.3 is 0 Å². The van der Waals surface area contributed by atoms with Crippen molar-refractivity contribution < 1.29 is 0 Å². The maximum absolute atomic E-state index is 4.34. The van der Waals surface area contributed by atoms with Crippen LogP contribution in [0.3, 0.4) is 0 Å². The molecule has 28 heavy (non-hydrogen) atoms. The highest BCUT2D eigenvalue weighted by Crippen LogP contribution is 2.06. The van der Waals surface area contributed by atoms with Crippen LogP contribution in [0.15, 0.2) is 48.9 Å². The van der Waals surface area contributed by atoms with E-state index in [1.807, 2.05) is 24.7 Å². The van der Waals surface area contributed by atoms with Crippen LogP contribution in [-0.4, -0.2) is 96.0 Å². The third kappa shape index (κ3) is 7.28. The Hall–Kier alpha value is -1.86. The second-order valence-corrected chi connectivity index (χ2v) is 7.84. The maximum atomic E-state index is 4.34. The van der Waals surface area contributed by atoms with Gasteiger partial charge in [-0.2, -0.15) is 0 Å². The van der Waals surface area contributed by atoms with Crippen molar-refractivity contribution in [1.29, 1.82) is 0 Å². The fourth-order valence-electron chi connectivity index (χ4n) is 3.48. The summed E-state index contributed by atoms with van der Waals surface area (Å²) < 4.78 is 0. The summed E-state index contributed by atoms with van der Waals surface area (Å²) in [6.07, 6.45) is 5.60. The van der Waals surface area contributed by atoms with Gasteiger partial charge in [0, 0.05) is 84.0 Å². The molecule has 6 heteroatoms. The molecule has 2 aromatic heterocycles. The van der Waals surface area contributed by atoms with E-state index in [0.29, 0.717) is 0 Å². The Morgan fingerprint density at radius 3 is 1.79 bits per heavy atom. The summed E-state index contributed by atoms with van der Waals surface area (Å²) in [5.74, 6) is 0. The predicted molar refractivity (Wildman–Crippen MR) is 114 cm³/mol. The average Bonchev–Trinajstić information content (AvgIpc) is 2.74. The molecule has 0 N–H and O–H groups in total. The van der Waals surface area contributed by atoms with E-state index in [2.05, 4.69) is 67.9 Å². The second-order valence-electron chi connectivity index (χ2n) is 7.84. The van der Waals surface area contributed by atoms with Crippen LogP contribution < -0.4 is 0 Å². The topological polar surface area (TPSA) is 38.7 Å². The fourth-order valence-corrected chi connectivity index (χ4v) is 3.48. The smallest absolute Gasteiger partial charge is 0.0543 e. The molecule has 0 saturated carbocycles. The van der Waals surface area contributed by atoms with Crippen LogP contribution in [0.25, 0.3) is 0 Å². The molecule has 0 bridgehead atoms. The number of rotatable bonds is 4. The van der Waals surface area contributed by atoms with Crippen molar-refractivity contribution in [1.82, 2.24) is 29.6 Å². The molecule has 4 heterocycles. The Balaban J connectivity index is 0.000000161. The van der Waals surface area contributed by atoms with Crippen molar-refractivity contribution in [2.45, 2.75) is 13.1 Å². The van der Waals surface area contributed by atoms with Crippen LogP contribution in [0.4, 0.5) is 0 Å². The lowest BCUT2D eigenvalue weighted by atomic mass is 10.2. The minimum Gasteiger partial charge on any atom is -0.304 e. The van der Waals surface area contributed by atoms with Gasteiger partial charge in [0.2, 0.25) is 0 Å². The number of likely N-dealkylation sites (N-methyl/N-ethyl adjacent to an activating group) is 2. The van der Waals surface area contributed by atoms with Gasteiger partial charge in [0.1, 0.15) is 0 Å². The lowest BCUT2D eigenvalue weighted by Gasteiger charge is -2.32. The highest BCUT2D eigenvalue weighted by molar-refractivity contribution is 5.09. The Kier molecular flexibility index (Phi) is 8.36. The van der Waals surface area contributed by atoms with E-state index < -0.39 is 0 Å². The van der Waals surface area contributed by atoms with Gasteiger partial charge in [-0.15, -0.1) is 0 Å². The van der Waals surface area contributed by atoms with E-state index in [1.165, 1.54) is 50.5 Å². The summed E-state index contributed by atoms with van der Waals surface area (Å²) >= 11 is 0. The zero-order valence-corrected chi connectivity index (χ0v) is 17.4. The molecule has 2 saturated heterocycles. The van der Waals surface area contributed by atoms with E-state index in [0.717, 1.165) is 26.2 Å². The third-order valence-electron chi connectivity index (χ3n) is 5.46. The molecule has 4 rings (SSSR count). The normalized spacial score (nSPS) is 19.8. The van der Waals surface area contributed by atoms with Gasteiger partial charge in [0.25, 0.3) is 0 Å². The number of aromatic nitrogens is 2. The van der Waals surface area contributed by atoms with Crippen LogP contribution >= 0.6 is 0 Å². The SMILES string of the molecule is CN1CCN(Cc2ccccn2)CC1.CN1CCN(Cc2ccncc2)CC1. The molecular weight excluding hydrogens is 348 g/mol. The van der Waals surface area contributed by atoms with Gasteiger partial charge in [-0.3, -0.25) is 19.8 Å². The predicted octanol–water partition coefficient (Wildman–Crippen LogP) is 1.66. The molecule has 2 aliphatic rings. The summed E-state index contributed by atoms with van der Waals surface area (Å²) in [6, 6.07) is 10.3. The first kappa shape index (κ1) is 20.9. The molecule has 0 spiro atoms. The first-order chi connectivity index (χ1) is 13.7. The zero-order valence-electron chi connectivity index (χ0n) is 17.4. The summed E-state index contributed by atoms with van der Waals surface area (Å²) in [7, 11) is 4.36. The lowest BCUT2D eigenvalue weighted by Crippen LogP contribution is -2.43. The van der Waals surface area contributed by atoms with Crippen LogP contribution in [0.2, 0.25) is 0 Å². The quantitative estimate of drug-likeness (QED) is 0.801. The molecule has 2 fully saturated rings. The summed E-state index contributed by atoms with van der Waals surface area (Å²) in [5.41, 5.74) is 2.54. The van der Waals surface area contributed by atoms with Crippen molar-refractivity contribution in [2.75, 3.05) is 66.5 Å².